The van der Waals surface area contributed by atoms with Gasteiger partial charge >= 0.3 is 11.9 Å². The predicted molar refractivity (Wildman–Crippen MR) is 74.1 cm³/mol. The van der Waals surface area contributed by atoms with Crippen molar-refractivity contribution in [3.8, 4) is 0 Å². The fraction of sp³-hybridized carbons (Fsp3) is 0.533. The van der Waals surface area contributed by atoms with Crippen LogP contribution < -0.4 is 0 Å². The van der Waals surface area contributed by atoms with Gasteiger partial charge in [0.25, 0.3) is 0 Å². The van der Waals surface area contributed by atoms with Gasteiger partial charge < -0.3 is 9.47 Å². The van der Waals surface area contributed by atoms with E-state index in [0.29, 0.717) is 12.1 Å². The Bertz CT molecular complexity index is 477. The van der Waals surface area contributed by atoms with Gasteiger partial charge in [-0.15, -0.1) is 0 Å². The summed E-state index contributed by atoms with van der Waals surface area (Å²) in [5, 5.41) is 0. The number of carbonyl (C=O) groups is 2. The molecule has 20 heavy (non-hydrogen) atoms. The van der Waals surface area contributed by atoms with Crippen molar-refractivity contribution >= 4 is 11.9 Å². The molecule has 1 aromatic heterocycles. The van der Waals surface area contributed by atoms with E-state index >= 15 is 0 Å². The van der Waals surface area contributed by atoms with Gasteiger partial charge in [-0.25, -0.2) is 0 Å². The molecule has 0 spiro atoms. The van der Waals surface area contributed by atoms with Crippen LogP contribution >= 0.6 is 0 Å². The molecule has 0 bridgehead atoms. The van der Waals surface area contributed by atoms with Gasteiger partial charge in [-0.1, -0.05) is 6.07 Å². The Morgan fingerprint density at radius 1 is 1.15 bits per heavy atom. The maximum atomic E-state index is 11.6. The zero-order valence-corrected chi connectivity index (χ0v) is 12.4. The Morgan fingerprint density at radius 3 is 2.40 bits per heavy atom. The highest BCUT2D eigenvalue weighted by atomic mass is 16.6. The Labute approximate surface area is 119 Å². The Morgan fingerprint density at radius 2 is 1.80 bits per heavy atom. The summed E-state index contributed by atoms with van der Waals surface area (Å²) in [6.45, 7) is 5.50. The molecule has 0 saturated carbocycles. The summed E-state index contributed by atoms with van der Waals surface area (Å²) >= 11 is 0. The molecule has 0 aliphatic rings. The number of aryl methyl sites for hydroxylation is 1. The van der Waals surface area contributed by atoms with E-state index in [1.54, 1.807) is 6.07 Å². The van der Waals surface area contributed by atoms with Crippen LogP contribution in [0.4, 0.5) is 0 Å². The van der Waals surface area contributed by atoms with Crippen molar-refractivity contribution < 1.29 is 19.1 Å². The first kappa shape index (κ1) is 16.1. The van der Waals surface area contributed by atoms with E-state index in [1.165, 1.54) is 7.11 Å². The number of aromatic nitrogens is 1. The Kier molecular flexibility index (Phi) is 5.67. The molecule has 0 amide bonds. The lowest BCUT2D eigenvalue weighted by molar-refractivity contribution is -0.154. The van der Waals surface area contributed by atoms with E-state index in [9.17, 15) is 9.59 Å². The molecular weight excluding hydrogens is 258 g/mol. The molecule has 5 heteroatoms. The van der Waals surface area contributed by atoms with Crippen molar-refractivity contribution in [3.63, 3.8) is 0 Å². The van der Waals surface area contributed by atoms with Crippen LogP contribution in [0.25, 0.3) is 0 Å². The molecule has 1 rings (SSSR count). The molecule has 0 radical (unpaired) electrons. The summed E-state index contributed by atoms with van der Waals surface area (Å²) in [6, 6.07) is 5.40. The number of hydrogen-bond donors (Lipinski definition) is 0. The summed E-state index contributed by atoms with van der Waals surface area (Å²) in [5.41, 5.74) is 0.924. The van der Waals surface area contributed by atoms with Crippen LogP contribution in [0, 0.1) is 0 Å². The monoisotopic (exact) mass is 279 g/mol. The van der Waals surface area contributed by atoms with Gasteiger partial charge in [0.05, 0.1) is 25.6 Å². The van der Waals surface area contributed by atoms with Gasteiger partial charge in [-0.05, 0) is 32.9 Å². The van der Waals surface area contributed by atoms with Crippen LogP contribution in [0.15, 0.2) is 18.2 Å². The average molecular weight is 279 g/mol. The fourth-order valence-corrected chi connectivity index (χ4v) is 1.61. The maximum absolute atomic E-state index is 11.6. The fourth-order valence-electron chi connectivity index (χ4n) is 1.61. The van der Waals surface area contributed by atoms with Gasteiger partial charge in [0.1, 0.15) is 5.60 Å². The second kappa shape index (κ2) is 7.03. The van der Waals surface area contributed by atoms with Crippen molar-refractivity contribution in [3.05, 3.63) is 29.6 Å². The second-order valence-electron chi connectivity index (χ2n) is 5.46. The topological polar surface area (TPSA) is 65.5 Å². The van der Waals surface area contributed by atoms with Gasteiger partial charge in [0.2, 0.25) is 0 Å². The number of ether oxygens (including phenoxy) is 2. The van der Waals surface area contributed by atoms with Crippen LogP contribution in [-0.2, 0) is 31.9 Å². The SMILES string of the molecule is COC(=O)Cc1cccc(CCC(=O)OC(C)(C)C)n1. The molecule has 0 N–H and O–H groups in total. The minimum Gasteiger partial charge on any atom is -0.469 e. The molecule has 1 aromatic rings. The van der Waals surface area contributed by atoms with Crippen LogP contribution in [0.5, 0.6) is 0 Å². The first-order valence-electron chi connectivity index (χ1n) is 6.53. The number of carbonyl (C=O) groups excluding carboxylic acids is 2. The van der Waals surface area contributed by atoms with Crippen LogP contribution in [0.1, 0.15) is 38.6 Å². The third kappa shape index (κ3) is 6.31. The third-order valence-electron chi connectivity index (χ3n) is 2.42. The molecule has 0 fully saturated rings. The number of hydrogen-bond acceptors (Lipinski definition) is 5. The maximum Gasteiger partial charge on any atom is 0.311 e. The van der Waals surface area contributed by atoms with E-state index in [1.807, 2.05) is 32.9 Å². The van der Waals surface area contributed by atoms with Crippen LogP contribution in [0.3, 0.4) is 0 Å². The van der Waals surface area contributed by atoms with Crippen molar-refractivity contribution in [1.29, 1.82) is 0 Å². The molecule has 0 saturated heterocycles. The standard InChI is InChI=1S/C15H21NO4/c1-15(2,3)20-13(17)9-8-11-6-5-7-12(16-11)10-14(18)19-4/h5-7H,8-10H2,1-4H3. The lowest BCUT2D eigenvalue weighted by Gasteiger charge is -2.19. The first-order chi connectivity index (χ1) is 9.30. The largest absolute Gasteiger partial charge is 0.469 e. The van der Waals surface area contributed by atoms with Gasteiger partial charge in [0.15, 0.2) is 0 Å². The van der Waals surface area contributed by atoms with Crippen molar-refractivity contribution in [1.82, 2.24) is 4.98 Å². The highest BCUT2D eigenvalue weighted by Gasteiger charge is 2.16. The van der Waals surface area contributed by atoms with Crippen LogP contribution in [0.2, 0.25) is 0 Å². The lowest BCUT2D eigenvalue weighted by Crippen LogP contribution is -2.24. The third-order valence-corrected chi connectivity index (χ3v) is 2.42. The quantitative estimate of drug-likeness (QED) is 0.772. The summed E-state index contributed by atoms with van der Waals surface area (Å²) in [6.07, 6.45) is 0.895. The smallest absolute Gasteiger partial charge is 0.311 e. The number of pyridine rings is 1. The molecule has 0 unspecified atom stereocenters. The normalized spacial score (nSPS) is 11.0. The summed E-state index contributed by atoms with van der Waals surface area (Å²) < 4.78 is 9.82. The molecule has 0 aromatic carbocycles. The molecule has 0 aliphatic heterocycles. The van der Waals surface area contributed by atoms with E-state index in [-0.39, 0.29) is 24.8 Å². The summed E-state index contributed by atoms with van der Waals surface area (Å²) in [4.78, 5) is 27.1. The average Bonchev–Trinajstić information content (AvgIpc) is 2.34. The minimum absolute atomic E-state index is 0.136. The molecule has 1 heterocycles. The predicted octanol–water partition coefficient (Wildman–Crippen LogP) is 2.07. The van der Waals surface area contributed by atoms with E-state index < -0.39 is 5.60 Å². The van der Waals surface area contributed by atoms with E-state index in [4.69, 9.17) is 4.74 Å². The highest BCUT2D eigenvalue weighted by molar-refractivity contribution is 5.72. The second-order valence-corrected chi connectivity index (χ2v) is 5.46. The summed E-state index contributed by atoms with van der Waals surface area (Å²) in [7, 11) is 1.34. The van der Waals surface area contributed by atoms with Gasteiger partial charge in [0, 0.05) is 12.1 Å². The molecule has 0 atom stereocenters. The number of nitrogens with zero attached hydrogens (tertiary/aromatic N) is 1. The number of rotatable bonds is 5. The molecule has 0 aliphatic carbocycles. The van der Waals surface area contributed by atoms with Crippen molar-refractivity contribution in [2.75, 3.05) is 7.11 Å². The minimum atomic E-state index is -0.475. The molecule has 5 nitrogen and oxygen atoms in total. The summed E-state index contributed by atoms with van der Waals surface area (Å²) in [5.74, 6) is -0.584. The zero-order chi connectivity index (χ0) is 15.2. The zero-order valence-electron chi connectivity index (χ0n) is 12.4. The van der Waals surface area contributed by atoms with Crippen molar-refractivity contribution in [2.24, 2.45) is 0 Å². The van der Waals surface area contributed by atoms with E-state index in [0.717, 1.165) is 5.69 Å². The Hall–Kier alpha value is -1.91. The molecular formula is C15H21NO4. The Balaban J connectivity index is 2.54. The molecule has 110 valence electrons. The van der Waals surface area contributed by atoms with Crippen LogP contribution in [-0.4, -0.2) is 29.6 Å². The number of methoxy groups -OCH3 is 1. The number of esters is 2. The van der Waals surface area contributed by atoms with Gasteiger partial charge in [-0.3, -0.25) is 14.6 Å². The van der Waals surface area contributed by atoms with E-state index in [2.05, 4.69) is 9.72 Å². The first-order valence-corrected chi connectivity index (χ1v) is 6.53. The van der Waals surface area contributed by atoms with Crippen molar-refractivity contribution in [2.45, 2.75) is 45.6 Å². The highest BCUT2D eigenvalue weighted by Crippen LogP contribution is 2.10. The lowest BCUT2D eigenvalue weighted by atomic mass is 10.1. The van der Waals surface area contributed by atoms with Gasteiger partial charge in [-0.2, -0.15) is 0 Å².